The molecule has 0 aromatic heterocycles. The van der Waals surface area contributed by atoms with Crippen LogP contribution in [0.3, 0.4) is 0 Å². The summed E-state index contributed by atoms with van der Waals surface area (Å²) in [4.78, 5) is 0. The van der Waals surface area contributed by atoms with E-state index in [-0.39, 0.29) is 19.1 Å². The second kappa shape index (κ2) is 11.2. The van der Waals surface area contributed by atoms with Gasteiger partial charge in [-0.1, -0.05) is 79.4 Å². The summed E-state index contributed by atoms with van der Waals surface area (Å²) >= 11 is 0. The van der Waals surface area contributed by atoms with Crippen molar-refractivity contribution in [2.45, 2.75) is 64.4 Å². The van der Waals surface area contributed by atoms with Crippen LogP contribution in [0.15, 0.2) is 91.5 Å². The summed E-state index contributed by atoms with van der Waals surface area (Å²) in [5.41, 5.74) is 2.37. The number of hydrogen-bond donors (Lipinski definition) is 0. The highest BCUT2D eigenvalue weighted by atomic mass is 28.4. The van der Waals surface area contributed by atoms with Crippen LogP contribution in [0.1, 0.15) is 44.9 Å². The van der Waals surface area contributed by atoms with Gasteiger partial charge in [0.2, 0.25) is 8.32 Å². The van der Waals surface area contributed by atoms with Gasteiger partial charge < -0.3 is 18.5 Å². The Morgan fingerprint density at radius 1 is 0.842 bits per heavy atom. The van der Waals surface area contributed by atoms with Crippen molar-refractivity contribution in [3.8, 4) is 5.75 Å². The molecule has 200 valence electrons. The molecular weight excluding hydrogens is 487 g/mol. The first-order valence-corrected chi connectivity index (χ1v) is 16.3. The summed E-state index contributed by atoms with van der Waals surface area (Å²) in [5, 5.41) is 1.25. The summed E-state index contributed by atoms with van der Waals surface area (Å²) in [5.74, 6) is 0.729. The van der Waals surface area contributed by atoms with Crippen LogP contribution < -0.4 is 9.92 Å². The van der Waals surface area contributed by atoms with Crippen LogP contribution in [-0.2, 0) is 13.7 Å². The van der Waals surface area contributed by atoms with E-state index in [0.717, 1.165) is 22.4 Å². The second-order valence-electron chi connectivity index (χ2n) is 11.6. The van der Waals surface area contributed by atoms with E-state index in [9.17, 15) is 0 Å². The Morgan fingerprint density at radius 2 is 1.37 bits per heavy atom. The van der Waals surface area contributed by atoms with E-state index in [0.29, 0.717) is 6.32 Å². The molecule has 0 spiro atoms. The monoisotopic (exact) mass is 528 g/mol. The molecule has 4 nitrogen and oxygen atoms in total. The molecule has 6 heteroatoms. The number of methoxy groups -OCH3 is 1. The van der Waals surface area contributed by atoms with Crippen molar-refractivity contribution >= 4 is 26.2 Å². The molecule has 0 amide bonds. The van der Waals surface area contributed by atoms with Crippen molar-refractivity contribution in [1.29, 1.82) is 0 Å². The lowest BCUT2D eigenvalue weighted by atomic mass is 9.70. The maximum atomic E-state index is 7.23. The lowest BCUT2D eigenvalue weighted by Gasteiger charge is -2.36. The molecule has 38 heavy (non-hydrogen) atoms. The quantitative estimate of drug-likeness (QED) is 0.259. The van der Waals surface area contributed by atoms with Gasteiger partial charge in [0, 0.05) is 5.92 Å². The fraction of sp³-hybridized carbons (Fsp3) is 0.375. The molecule has 0 saturated carbocycles. The van der Waals surface area contributed by atoms with E-state index in [2.05, 4.69) is 108 Å². The van der Waals surface area contributed by atoms with E-state index in [1.807, 2.05) is 24.3 Å². The summed E-state index contributed by atoms with van der Waals surface area (Å²) in [6, 6.07) is 29.1. The number of rotatable bonds is 10. The molecule has 1 aliphatic heterocycles. The van der Waals surface area contributed by atoms with Gasteiger partial charge in [-0.2, -0.15) is 0 Å². The Labute approximate surface area is 230 Å². The predicted octanol–water partition coefficient (Wildman–Crippen LogP) is 7.29. The predicted molar refractivity (Wildman–Crippen MR) is 160 cm³/mol. The van der Waals surface area contributed by atoms with Crippen LogP contribution in [0.4, 0.5) is 0 Å². The van der Waals surface area contributed by atoms with E-state index >= 15 is 0 Å². The highest BCUT2D eigenvalue weighted by molar-refractivity contribution is 6.84. The van der Waals surface area contributed by atoms with Crippen LogP contribution in [0, 0.1) is 5.92 Å². The van der Waals surface area contributed by atoms with Crippen molar-refractivity contribution in [2.24, 2.45) is 5.92 Å². The molecule has 0 radical (unpaired) electrons. The molecule has 1 fully saturated rings. The molecule has 1 heterocycles. The summed E-state index contributed by atoms with van der Waals surface area (Å²) in [7, 11) is -1.01. The minimum absolute atomic E-state index is 0.0871. The van der Waals surface area contributed by atoms with Crippen LogP contribution in [0.5, 0.6) is 5.75 Å². The van der Waals surface area contributed by atoms with Gasteiger partial charge in [-0.3, -0.25) is 0 Å². The van der Waals surface area contributed by atoms with Gasteiger partial charge in [0.1, 0.15) is 5.75 Å². The SMILES string of the molecule is C=C(c1ccccc1)[C@@H](CB1OC(C)(C)C(C)(C)O1)[C@H](O[Si](C)(C)c1ccccc1)c1ccc(OC)cc1. The van der Waals surface area contributed by atoms with Crippen molar-refractivity contribution in [1.82, 2.24) is 0 Å². The molecule has 4 rings (SSSR count). The van der Waals surface area contributed by atoms with Gasteiger partial charge in [0.15, 0.2) is 0 Å². The Morgan fingerprint density at radius 3 is 1.89 bits per heavy atom. The van der Waals surface area contributed by atoms with Gasteiger partial charge in [-0.05, 0) is 81.1 Å². The number of benzene rings is 3. The van der Waals surface area contributed by atoms with E-state index in [1.165, 1.54) is 5.19 Å². The molecule has 0 bridgehead atoms. The Kier molecular flexibility index (Phi) is 8.38. The van der Waals surface area contributed by atoms with Crippen LogP contribution in [0.2, 0.25) is 19.4 Å². The van der Waals surface area contributed by atoms with Crippen molar-refractivity contribution < 1.29 is 18.5 Å². The maximum absolute atomic E-state index is 7.23. The highest BCUT2D eigenvalue weighted by Crippen LogP contribution is 2.45. The zero-order valence-corrected chi connectivity index (χ0v) is 24.9. The van der Waals surface area contributed by atoms with Gasteiger partial charge in [0.05, 0.1) is 24.4 Å². The largest absolute Gasteiger partial charge is 0.497 e. The van der Waals surface area contributed by atoms with Crippen molar-refractivity contribution in [3.05, 3.63) is 103 Å². The second-order valence-corrected chi connectivity index (χ2v) is 15.4. The summed E-state index contributed by atoms with van der Waals surface area (Å²) in [6.45, 7) is 17.5. The molecular formula is C32H41BO4Si. The van der Waals surface area contributed by atoms with Gasteiger partial charge >= 0.3 is 7.12 Å². The zero-order chi connectivity index (χ0) is 27.6. The molecule has 2 atom stereocenters. The van der Waals surface area contributed by atoms with Crippen LogP contribution >= 0.6 is 0 Å². The Balaban J connectivity index is 1.78. The average Bonchev–Trinajstić information content (AvgIpc) is 3.12. The topological polar surface area (TPSA) is 36.9 Å². The fourth-order valence-electron chi connectivity index (χ4n) is 4.98. The normalized spacial score (nSPS) is 18.1. The minimum atomic E-state index is -2.32. The molecule has 0 N–H and O–H groups in total. The minimum Gasteiger partial charge on any atom is -0.497 e. The smallest absolute Gasteiger partial charge is 0.458 e. The summed E-state index contributed by atoms with van der Waals surface area (Å²) in [6.07, 6.45) is 0.366. The molecule has 3 aromatic rings. The molecule has 0 aliphatic carbocycles. The first-order valence-electron chi connectivity index (χ1n) is 13.4. The third-order valence-corrected chi connectivity index (χ3v) is 10.6. The van der Waals surface area contributed by atoms with E-state index in [1.54, 1.807) is 7.11 Å². The van der Waals surface area contributed by atoms with Crippen LogP contribution in [0.25, 0.3) is 5.57 Å². The number of ether oxygens (including phenoxy) is 1. The van der Waals surface area contributed by atoms with E-state index in [4.69, 9.17) is 18.5 Å². The summed E-state index contributed by atoms with van der Waals surface area (Å²) < 4.78 is 25.7. The van der Waals surface area contributed by atoms with Crippen molar-refractivity contribution in [3.63, 3.8) is 0 Å². The molecule has 1 aliphatic rings. The standard InChI is InChI=1S/C32H41BO4Si/c1-24(25-15-11-9-12-16-25)29(23-33-36-31(2,3)32(4,5)37-33)30(26-19-21-27(34-6)22-20-26)35-38(7,8)28-17-13-10-14-18-28/h9-22,29-30H,1,23H2,2-8H3/t29-,30-/m1/s1. The van der Waals surface area contributed by atoms with Crippen LogP contribution in [-0.4, -0.2) is 33.7 Å². The Hall–Kier alpha value is -2.64. The highest BCUT2D eigenvalue weighted by Gasteiger charge is 2.52. The average molecular weight is 529 g/mol. The molecule has 0 unspecified atom stereocenters. The van der Waals surface area contributed by atoms with Gasteiger partial charge in [0.25, 0.3) is 0 Å². The first-order chi connectivity index (χ1) is 17.9. The fourth-order valence-corrected chi connectivity index (χ4v) is 7.05. The first kappa shape index (κ1) is 28.4. The lowest BCUT2D eigenvalue weighted by Crippen LogP contribution is -2.47. The maximum Gasteiger partial charge on any atom is 0.458 e. The third kappa shape index (κ3) is 6.15. The lowest BCUT2D eigenvalue weighted by molar-refractivity contribution is 0.00578. The number of hydrogen-bond acceptors (Lipinski definition) is 4. The molecule has 3 aromatic carbocycles. The van der Waals surface area contributed by atoms with Gasteiger partial charge in [-0.25, -0.2) is 0 Å². The van der Waals surface area contributed by atoms with E-state index < -0.39 is 19.5 Å². The zero-order valence-electron chi connectivity index (χ0n) is 23.9. The van der Waals surface area contributed by atoms with Crippen molar-refractivity contribution in [2.75, 3.05) is 7.11 Å². The Bertz CT molecular complexity index is 1190. The third-order valence-electron chi connectivity index (χ3n) is 8.04. The molecule has 1 saturated heterocycles. The van der Waals surface area contributed by atoms with Gasteiger partial charge in [-0.15, -0.1) is 0 Å².